The number of anilines is 2. The van der Waals surface area contributed by atoms with Crippen LogP contribution >= 0.6 is 0 Å². The summed E-state index contributed by atoms with van der Waals surface area (Å²) in [4.78, 5) is 28.1. The molecule has 0 aromatic heterocycles. The fourth-order valence-electron chi connectivity index (χ4n) is 3.85. The van der Waals surface area contributed by atoms with E-state index >= 15 is 0 Å². The zero-order valence-electron chi connectivity index (χ0n) is 19.5. The van der Waals surface area contributed by atoms with E-state index < -0.39 is 22.0 Å². The SMILES string of the molecule is CCC(C(=O)Nc1ccccc1C(=O)N1CCOCC1)N(c1ccc(C)c(C)c1)S(C)(=O)=O. The lowest BCUT2D eigenvalue weighted by Gasteiger charge is -2.31. The number of ether oxygens (including phenoxy) is 1. The van der Waals surface area contributed by atoms with Crippen molar-refractivity contribution < 1.29 is 22.7 Å². The number of rotatable bonds is 7. The van der Waals surface area contributed by atoms with Crippen LogP contribution in [0.3, 0.4) is 0 Å². The Morgan fingerprint density at radius 2 is 1.76 bits per heavy atom. The molecule has 0 radical (unpaired) electrons. The topological polar surface area (TPSA) is 96.0 Å². The van der Waals surface area contributed by atoms with Crippen LogP contribution in [0.15, 0.2) is 42.5 Å². The number of morpholine rings is 1. The van der Waals surface area contributed by atoms with Crippen molar-refractivity contribution in [2.45, 2.75) is 33.2 Å². The molecule has 1 unspecified atom stereocenters. The highest BCUT2D eigenvalue weighted by atomic mass is 32.2. The van der Waals surface area contributed by atoms with Gasteiger partial charge < -0.3 is 15.0 Å². The number of para-hydroxylation sites is 1. The number of amides is 2. The van der Waals surface area contributed by atoms with E-state index in [1.54, 1.807) is 48.2 Å². The summed E-state index contributed by atoms with van der Waals surface area (Å²) in [5, 5.41) is 2.81. The minimum absolute atomic E-state index is 0.198. The first-order valence-electron chi connectivity index (χ1n) is 11.0. The van der Waals surface area contributed by atoms with Crippen molar-refractivity contribution in [1.29, 1.82) is 0 Å². The molecule has 9 heteroatoms. The number of hydrogen-bond donors (Lipinski definition) is 1. The summed E-state index contributed by atoms with van der Waals surface area (Å²) in [5.74, 6) is -0.695. The van der Waals surface area contributed by atoms with Crippen molar-refractivity contribution in [2.24, 2.45) is 0 Å². The molecule has 1 heterocycles. The summed E-state index contributed by atoms with van der Waals surface area (Å²) >= 11 is 0. The molecule has 1 fully saturated rings. The Balaban J connectivity index is 1.91. The number of carbonyl (C=O) groups excluding carboxylic acids is 2. The van der Waals surface area contributed by atoms with Crippen molar-refractivity contribution in [1.82, 2.24) is 4.90 Å². The molecule has 0 spiro atoms. The lowest BCUT2D eigenvalue weighted by molar-refractivity contribution is -0.117. The molecule has 1 N–H and O–H groups in total. The molecule has 1 aliphatic heterocycles. The summed E-state index contributed by atoms with van der Waals surface area (Å²) in [5.41, 5.74) is 3.10. The molecule has 0 saturated carbocycles. The fraction of sp³-hybridized carbons (Fsp3) is 0.417. The van der Waals surface area contributed by atoms with Crippen LogP contribution in [0.4, 0.5) is 11.4 Å². The molecule has 0 bridgehead atoms. The molecular formula is C24H31N3O5S. The smallest absolute Gasteiger partial charge is 0.256 e. The molecule has 2 aromatic rings. The molecule has 8 nitrogen and oxygen atoms in total. The van der Waals surface area contributed by atoms with Crippen molar-refractivity contribution in [3.63, 3.8) is 0 Å². The van der Waals surface area contributed by atoms with Gasteiger partial charge in [-0.1, -0.05) is 25.1 Å². The summed E-state index contributed by atoms with van der Waals surface area (Å²) in [6.45, 7) is 7.49. The number of hydrogen-bond acceptors (Lipinski definition) is 5. The largest absolute Gasteiger partial charge is 0.378 e. The maximum absolute atomic E-state index is 13.3. The normalized spacial score (nSPS) is 15.1. The van der Waals surface area contributed by atoms with Gasteiger partial charge in [-0.2, -0.15) is 0 Å². The van der Waals surface area contributed by atoms with Crippen LogP contribution in [0.5, 0.6) is 0 Å². The quantitative estimate of drug-likeness (QED) is 0.667. The highest BCUT2D eigenvalue weighted by molar-refractivity contribution is 7.92. The minimum atomic E-state index is -3.76. The third-order valence-corrected chi connectivity index (χ3v) is 6.97. The second-order valence-electron chi connectivity index (χ2n) is 8.19. The molecule has 3 rings (SSSR count). The van der Waals surface area contributed by atoms with Crippen LogP contribution in [0.2, 0.25) is 0 Å². The van der Waals surface area contributed by atoms with Gasteiger partial charge in [0.15, 0.2) is 0 Å². The van der Waals surface area contributed by atoms with Crippen molar-refractivity contribution in [2.75, 3.05) is 42.2 Å². The van der Waals surface area contributed by atoms with Crippen LogP contribution in [0.1, 0.15) is 34.8 Å². The maximum Gasteiger partial charge on any atom is 0.256 e. The zero-order valence-corrected chi connectivity index (χ0v) is 20.3. The highest BCUT2D eigenvalue weighted by Gasteiger charge is 2.32. The first-order chi connectivity index (χ1) is 15.6. The molecule has 0 aliphatic carbocycles. The Labute approximate surface area is 195 Å². The van der Waals surface area contributed by atoms with E-state index in [1.165, 1.54) is 0 Å². The van der Waals surface area contributed by atoms with Crippen molar-refractivity contribution in [3.8, 4) is 0 Å². The van der Waals surface area contributed by atoms with Gasteiger partial charge in [-0.25, -0.2) is 8.42 Å². The monoisotopic (exact) mass is 473 g/mol. The van der Waals surface area contributed by atoms with Gasteiger partial charge in [0.25, 0.3) is 5.91 Å². The lowest BCUT2D eigenvalue weighted by atomic mass is 10.1. The molecule has 33 heavy (non-hydrogen) atoms. The van der Waals surface area contributed by atoms with E-state index in [2.05, 4.69) is 5.32 Å². The molecule has 2 aromatic carbocycles. The average Bonchev–Trinajstić information content (AvgIpc) is 2.79. The first kappa shape index (κ1) is 24.7. The molecule has 1 saturated heterocycles. The van der Waals surface area contributed by atoms with Gasteiger partial charge in [0.2, 0.25) is 15.9 Å². The van der Waals surface area contributed by atoms with Crippen molar-refractivity contribution in [3.05, 3.63) is 59.2 Å². The minimum Gasteiger partial charge on any atom is -0.378 e. The van der Waals surface area contributed by atoms with E-state index in [9.17, 15) is 18.0 Å². The highest BCUT2D eigenvalue weighted by Crippen LogP contribution is 2.26. The Morgan fingerprint density at radius 1 is 1.09 bits per heavy atom. The van der Waals surface area contributed by atoms with E-state index in [0.717, 1.165) is 21.7 Å². The summed E-state index contributed by atoms with van der Waals surface area (Å²) < 4.78 is 32.0. The number of nitrogens with zero attached hydrogens (tertiary/aromatic N) is 2. The maximum atomic E-state index is 13.3. The number of benzene rings is 2. The van der Waals surface area contributed by atoms with Gasteiger partial charge in [-0.3, -0.25) is 13.9 Å². The third kappa shape index (κ3) is 5.72. The predicted octanol–water partition coefficient (Wildman–Crippen LogP) is 2.96. The molecule has 1 aliphatic rings. The Morgan fingerprint density at radius 3 is 2.36 bits per heavy atom. The average molecular weight is 474 g/mol. The number of aryl methyl sites for hydroxylation is 2. The van der Waals surface area contributed by atoms with Crippen LogP contribution < -0.4 is 9.62 Å². The summed E-state index contributed by atoms with van der Waals surface area (Å²) in [6, 6.07) is 11.1. The Kier molecular flexibility index (Phi) is 7.76. The van der Waals surface area contributed by atoms with Crippen LogP contribution in [0, 0.1) is 13.8 Å². The van der Waals surface area contributed by atoms with Gasteiger partial charge >= 0.3 is 0 Å². The second kappa shape index (κ2) is 10.4. The van der Waals surface area contributed by atoms with E-state index in [4.69, 9.17) is 4.74 Å². The van der Waals surface area contributed by atoms with E-state index in [0.29, 0.717) is 43.2 Å². The van der Waals surface area contributed by atoms with Gasteiger partial charge in [0, 0.05) is 13.1 Å². The molecular weight excluding hydrogens is 442 g/mol. The van der Waals surface area contributed by atoms with Crippen LogP contribution in [-0.2, 0) is 19.6 Å². The first-order valence-corrected chi connectivity index (χ1v) is 12.8. The molecule has 2 amide bonds. The summed E-state index contributed by atoms with van der Waals surface area (Å²) in [6.07, 6.45) is 1.35. The van der Waals surface area contributed by atoms with Gasteiger partial charge in [-0.15, -0.1) is 0 Å². The van der Waals surface area contributed by atoms with Gasteiger partial charge in [0.1, 0.15) is 6.04 Å². The van der Waals surface area contributed by atoms with Crippen molar-refractivity contribution >= 4 is 33.2 Å². The standard InChI is InChI=1S/C24H31N3O5S/c1-5-22(27(33(4,30)31)19-11-10-17(2)18(3)16-19)23(28)25-21-9-7-6-8-20(21)24(29)26-12-14-32-15-13-26/h6-11,16,22H,5,12-15H2,1-4H3,(H,25,28). The number of nitrogens with one attached hydrogen (secondary N) is 1. The summed E-state index contributed by atoms with van der Waals surface area (Å²) in [7, 11) is -3.76. The van der Waals surface area contributed by atoms with Crippen LogP contribution in [-0.4, -0.2) is 63.7 Å². The molecule has 178 valence electrons. The Hall–Kier alpha value is -2.91. The Bertz CT molecular complexity index is 1130. The lowest BCUT2D eigenvalue weighted by Crippen LogP contribution is -2.47. The number of sulfonamides is 1. The number of carbonyl (C=O) groups is 2. The fourth-order valence-corrected chi connectivity index (χ4v) is 5.06. The van der Waals surface area contributed by atoms with E-state index in [1.807, 2.05) is 19.9 Å². The van der Waals surface area contributed by atoms with Gasteiger partial charge in [-0.05, 0) is 55.7 Å². The van der Waals surface area contributed by atoms with Crippen LogP contribution in [0.25, 0.3) is 0 Å². The predicted molar refractivity (Wildman–Crippen MR) is 129 cm³/mol. The zero-order chi connectivity index (χ0) is 24.2. The van der Waals surface area contributed by atoms with Gasteiger partial charge in [0.05, 0.1) is 36.4 Å². The van der Waals surface area contributed by atoms with E-state index in [-0.39, 0.29) is 12.3 Å². The third-order valence-electron chi connectivity index (χ3n) is 5.79. The molecule has 1 atom stereocenters. The second-order valence-corrected chi connectivity index (χ2v) is 10.1.